The van der Waals surface area contributed by atoms with Crippen molar-refractivity contribution >= 4 is 21.7 Å². The molecule has 0 unspecified atom stereocenters. The molecule has 16 heavy (non-hydrogen) atoms. The van der Waals surface area contributed by atoms with Crippen LogP contribution >= 0.6 is 15.9 Å². The van der Waals surface area contributed by atoms with Crippen LogP contribution in [0.25, 0.3) is 0 Å². The van der Waals surface area contributed by atoms with Gasteiger partial charge in [0.2, 0.25) is 0 Å². The molecule has 2 aromatic rings. The van der Waals surface area contributed by atoms with Gasteiger partial charge in [-0.25, -0.2) is 0 Å². The molecule has 3 N–H and O–H groups in total. The van der Waals surface area contributed by atoms with Gasteiger partial charge in [-0.05, 0) is 27.1 Å². The molecule has 0 saturated heterocycles. The van der Waals surface area contributed by atoms with E-state index in [1.807, 2.05) is 30.5 Å². The molecule has 0 spiro atoms. The smallest absolute Gasteiger partial charge is 0.159 e. The Bertz CT molecular complexity index is 459. The van der Waals surface area contributed by atoms with Gasteiger partial charge >= 0.3 is 0 Å². The van der Waals surface area contributed by atoms with E-state index < -0.39 is 0 Å². The number of anilines is 1. The SMILES string of the molecule is Nc1nn(Cc2ccc(CO)cc2)cc1Br. The highest BCUT2D eigenvalue weighted by Gasteiger charge is 2.02. The molecular formula is C11H12BrN3O. The molecule has 0 saturated carbocycles. The van der Waals surface area contributed by atoms with Gasteiger partial charge in [0, 0.05) is 6.20 Å². The van der Waals surface area contributed by atoms with Gasteiger partial charge in [-0.2, -0.15) is 5.10 Å². The third-order valence-electron chi connectivity index (χ3n) is 2.29. The normalized spacial score (nSPS) is 10.6. The minimum absolute atomic E-state index is 0.0700. The fraction of sp³-hybridized carbons (Fsp3) is 0.182. The Labute approximate surface area is 102 Å². The number of hydrogen-bond acceptors (Lipinski definition) is 3. The number of halogens is 1. The number of aliphatic hydroxyl groups excluding tert-OH is 1. The number of nitrogens with zero attached hydrogens (tertiary/aromatic N) is 2. The zero-order chi connectivity index (χ0) is 11.5. The monoisotopic (exact) mass is 281 g/mol. The molecule has 0 aliphatic rings. The number of aliphatic hydroxyl groups is 1. The van der Waals surface area contributed by atoms with E-state index in [0.717, 1.165) is 15.6 Å². The van der Waals surface area contributed by atoms with Gasteiger partial charge in [-0.1, -0.05) is 24.3 Å². The first kappa shape index (κ1) is 11.2. The van der Waals surface area contributed by atoms with Gasteiger partial charge < -0.3 is 10.8 Å². The number of aromatic nitrogens is 2. The lowest BCUT2D eigenvalue weighted by Gasteiger charge is -2.02. The van der Waals surface area contributed by atoms with E-state index in [4.69, 9.17) is 10.8 Å². The van der Waals surface area contributed by atoms with E-state index in [9.17, 15) is 0 Å². The number of nitrogens with two attached hydrogens (primary N) is 1. The Balaban J connectivity index is 2.14. The van der Waals surface area contributed by atoms with Crippen LogP contribution in [0.5, 0.6) is 0 Å². The summed E-state index contributed by atoms with van der Waals surface area (Å²) in [5.74, 6) is 0.493. The van der Waals surface area contributed by atoms with Crippen molar-refractivity contribution in [3.63, 3.8) is 0 Å². The molecule has 1 heterocycles. The van der Waals surface area contributed by atoms with Crippen molar-refractivity contribution in [2.45, 2.75) is 13.2 Å². The lowest BCUT2D eigenvalue weighted by atomic mass is 10.1. The first-order valence-corrected chi connectivity index (χ1v) is 5.65. The lowest BCUT2D eigenvalue weighted by molar-refractivity contribution is 0.282. The molecular weight excluding hydrogens is 270 g/mol. The van der Waals surface area contributed by atoms with E-state index in [1.54, 1.807) is 4.68 Å². The van der Waals surface area contributed by atoms with Crippen LogP contribution in [-0.2, 0) is 13.2 Å². The van der Waals surface area contributed by atoms with Crippen LogP contribution in [0.3, 0.4) is 0 Å². The summed E-state index contributed by atoms with van der Waals surface area (Å²) < 4.78 is 2.58. The van der Waals surface area contributed by atoms with E-state index >= 15 is 0 Å². The summed E-state index contributed by atoms with van der Waals surface area (Å²) in [4.78, 5) is 0. The number of hydrogen-bond donors (Lipinski definition) is 2. The van der Waals surface area contributed by atoms with Crippen LogP contribution in [0.2, 0.25) is 0 Å². The van der Waals surface area contributed by atoms with Crippen molar-refractivity contribution < 1.29 is 5.11 Å². The van der Waals surface area contributed by atoms with Crippen LogP contribution in [0.1, 0.15) is 11.1 Å². The molecule has 0 bridgehead atoms. The van der Waals surface area contributed by atoms with Crippen LogP contribution in [0, 0.1) is 0 Å². The van der Waals surface area contributed by atoms with Crippen molar-refractivity contribution in [1.29, 1.82) is 0 Å². The summed E-state index contributed by atoms with van der Waals surface area (Å²) in [6.07, 6.45) is 1.84. The number of rotatable bonds is 3. The van der Waals surface area contributed by atoms with Gasteiger partial charge in [0.05, 0.1) is 17.6 Å². The zero-order valence-corrected chi connectivity index (χ0v) is 10.2. The average Bonchev–Trinajstić information content (AvgIpc) is 2.59. The second kappa shape index (κ2) is 4.67. The Morgan fingerprint density at radius 2 is 1.88 bits per heavy atom. The highest BCUT2D eigenvalue weighted by molar-refractivity contribution is 9.10. The largest absolute Gasteiger partial charge is 0.392 e. The van der Waals surface area contributed by atoms with Gasteiger partial charge in [0.15, 0.2) is 5.82 Å². The minimum Gasteiger partial charge on any atom is -0.392 e. The van der Waals surface area contributed by atoms with Crippen molar-refractivity contribution in [1.82, 2.24) is 9.78 Å². The Morgan fingerprint density at radius 1 is 1.25 bits per heavy atom. The molecule has 1 aromatic carbocycles. The first-order chi connectivity index (χ1) is 7.69. The standard InChI is InChI=1S/C11H12BrN3O/c12-10-6-15(14-11(10)13)5-8-1-3-9(7-16)4-2-8/h1-4,6,16H,5,7H2,(H2,13,14). The molecule has 0 aliphatic carbocycles. The molecule has 0 radical (unpaired) electrons. The molecule has 0 aliphatic heterocycles. The molecule has 0 atom stereocenters. The van der Waals surface area contributed by atoms with E-state index in [-0.39, 0.29) is 6.61 Å². The third-order valence-corrected chi connectivity index (χ3v) is 2.90. The highest BCUT2D eigenvalue weighted by atomic mass is 79.9. The molecule has 0 fully saturated rings. The van der Waals surface area contributed by atoms with Crippen LogP contribution in [0.15, 0.2) is 34.9 Å². The maximum Gasteiger partial charge on any atom is 0.159 e. The number of nitrogen functional groups attached to an aromatic ring is 1. The third kappa shape index (κ3) is 2.43. The maximum atomic E-state index is 8.92. The van der Waals surface area contributed by atoms with Gasteiger partial charge in [-0.3, -0.25) is 4.68 Å². The fourth-order valence-electron chi connectivity index (χ4n) is 1.43. The topological polar surface area (TPSA) is 64.1 Å². The van der Waals surface area contributed by atoms with Crippen molar-refractivity contribution in [2.75, 3.05) is 5.73 Å². The Hall–Kier alpha value is -1.33. The maximum absolute atomic E-state index is 8.92. The molecule has 1 aromatic heterocycles. The van der Waals surface area contributed by atoms with Crippen molar-refractivity contribution in [3.8, 4) is 0 Å². The summed E-state index contributed by atoms with van der Waals surface area (Å²) in [6.45, 7) is 0.738. The summed E-state index contributed by atoms with van der Waals surface area (Å²) in [5, 5.41) is 13.1. The lowest BCUT2D eigenvalue weighted by Crippen LogP contribution is -2.01. The van der Waals surface area contributed by atoms with Crippen LogP contribution in [0.4, 0.5) is 5.82 Å². The number of benzene rings is 1. The Morgan fingerprint density at radius 3 is 2.38 bits per heavy atom. The fourth-order valence-corrected chi connectivity index (χ4v) is 1.75. The second-order valence-electron chi connectivity index (χ2n) is 3.53. The molecule has 0 amide bonds. The van der Waals surface area contributed by atoms with Crippen LogP contribution in [-0.4, -0.2) is 14.9 Å². The highest BCUT2D eigenvalue weighted by Crippen LogP contribution is 2.17. The minimum atomic E-state index is 0.0700. The molecule has 2 rings (SSSR count). The van der Waals surface area contributed by atoms with Gasteiger partial charge in [0.1, 0.15) is 0 Å². The van der Waals surface area contributed by atoms with Gasteiger partial charge in [0.25, 0.3) is 0 Å². The first-order valence-electron chi connectivity index (χ1n) is 4.86. The average molecular weight is 282 g/mol. The molecule has 84 valence electrons. The quantitative estimate of drug-likeness (QED) is 0.901. The molecule has 5 heteroatoms. The summed E-state index contributed by atoms with van der Waals surface area (Å²) >= 11 is 3.31. The van der Waals surface area contributed by atoms with Crippen LogP contribution < -0.4 is 5.73 Å². The van der Waals surface area contributed by atoms with Crippen molar-refractivity contribution in [2.24, 2.45) is 0 Å². The molecule has 4 nitrogen and oxygen atoms in total. The summed E-state index contributed by atoms with van der Waals surface area (Å²) in [6, 6.07) is 7.74. The van der Waals surface area contributed by atoms with E-state index in [2.05, 4.69) is 21.0 Å². The summed E-state index contributed by atoms with van der Waals surface area (Å²) in [5.41, 5.74) is 7.65. The Kier molecular flexibility index (Phi) is 3.26. The second-order valence-corrected chi connectivity index (χ2v) is 4.39. The predicted molar refractivity (Wildman–Crippen MR) is 65.8 cm³/mol. The van der Waals surface area contributed by atoms with Gasteiger partial charge in [-0.15, -0.1) is 0 Å². The summed E-state index contributed by atoms with van der Waals surface area (Å²) in [7, 11) is 0. The van der Waals surface area contributed by atoms with E-state index in [0.29, 0.717) is 12.4 Å². The van der Waals surface area contributed by atoms with E-state index in [1.165, 1.54) is 0 Å². The van der Waals surface area contributed by atoms with Crippen molar-refractivity contribution in [3.05, 3.63) is 46.1 Å². The zero-order valence-electron chi connectivity index (χ0n) is 8.60. The predicted octanol–water partition coefficient (Wildman–Crippen LogP) is 1.77.